The van der Waals surface area contributed by atoms with E-state index < -0.39 is 11.9 Å². The molecular weight excluding hydrogens is 560 g/mol. The summed E-state index contributed by atoms with van der Waals surface area (Å²) in [6.45, 7) is 3.86. The second-order valence-corrected chi connectivity index (χ2v) is 11.2. The van der Waals surface area contributed by atoms with Crippen LogP contribution in [0.3, 0.4) is 0 Å². The third kappa shape index (κ3) is 6.94. The number of Topliss-reactive ketones (excluding diaryl/α,β-unsaturated/α-hetero) is 1. The summed E-state index contributed by atoms with van der Waals surface area (Å²) in [5, 5.41) is 5.65. The number of benzene rings is 3. The van der Waals surface area contributed by atoms with Crippen LogP contribution in [0.2, 0.25) is 0 Å². The minimum Gasteiger partial charge on any atom is -0.427 e. The van der Waals surface area contributed by atoms with Crippen LogP contribution in [-0.2, 0) is 25.7 Å². The lowest BCUT2D eigenvalue weighted by molar-refractivity contribution is -0.141. The highest BCUT2D eigenvalue weighted by Crippen LogP contribution is 2.33. The number of esters is 1. The largest absolute Gasteiger partial charge is 0.427 e. The number of aromatic nitrogens is 1. The van der Waals surface area contributed by atoms with Crippen molar-refractivity contribution < 1.29 is 33.5 Å². The number of carbonyl (C=O) groups excluding carboxylic acids is 4. The maximum absolute atomic E-state index is 13.8. The molecule has 0 atom stereocenters. The summed E-state index contributed by atoms with van der Waals surface area (Å²) in [6, 6.07) is 17.6. The molecule has 5 rings (SSSR count). The van der Waals surface area contributed by atoms with Gasteiger partial charge in [-0.2, -0.15) is 0 Å². The molecule has 9 nitrogen and oxygen atoms in total. The molecule has 0 unspecified atom stereocenters. The number of ketones is 2. The molecule has 3 aromatic carbocycles. The molecule has 0 saturated heterocycles. The number of ether oxygens (including phenoxy) is 2. The molecule has 1 heterocycles. The third-order valence-electron chi connectivity index (χ3n) is 8.00. The van der Waals surface area contributed by atoms with E-state index in [-0.39, 0.29) is 17.3 Å². The Bertz CT molecular complexity index is 1740. The zero-order valence-corrected chi connectivity index (χ0v) is 25.3. The van der Waals surface area contributed by atoms with Gasteiger partial charge in [0.1, 0.15) is 11.5 Å². The molecule has 0 bridgehead atoms. The van der Waals surface area contributed by atoms with Gasteiger partial charge in [-0.05, 0) is 79.4 Å². The minimum absolute atomic E-state index is 0.179. The van der Waals surface area contributed by atoms with Gasteiger partial charge in [0.15, 0.2) is 5.78 Å². The Morgan fingerprint density at radius 3 is 2.05 bits per heavy atom. The summed E-state index contributed by atoms with van der Waals surface area (Å²) in [6.07, 6.45) is 5.51. The number of nitrogens with zero attached hydrogens (tertiary/aromatic N) is 2. The molecule has 0 amide bonds. The first-order valence-electron chi connectivity index (χ1n) is 14.9. The quantitative estimate of drug-likeness (QED) is 0.0341. The van der Waals surface area contributed by atoms with Crippen LogP contribution in [0.1, 0.15) is 78.7 Å². The molecule has 0 radical (unpaired) electrons. The molecule has 1 aromatic heterocycles. The highest BCUT2D eigenvalue weighted by Gasteiger charge is 2.24. The molecular formula is C35H36N2O7. The van der Waals surface area contributed by atoms with Crippen molar-refractivity contribution in [2.24, 2.45) is 11.1 Å². The fraction of sp³-hybridized carbons (Fsp3) is 0.343. The van der Waals surface area contributed by atoms with E-state index in [1.165, 1.54) is 13.8 Å². The predicted molar refractivity (Wildman–Crippen MR) is 167 cm³/mol. The summed E-state index contributed by atoms with van der Waals surface area (Å²) >= 11 is 0. The van der Waals surface area contributed by atoms with E-state index in [4.69, 9.17) is 14.3 Å². The normalized spacial score (nSPS) is 13.8. The molecule has 0 N–H and O–H groups in total. The summed E-state index contributed by atoms with van der Waals surface area (Å²) in [7, 11) is 1.67. The number of methoxy groups -OCH3 is 1. The van der Waals surface area contributed by atoms with Crippen LogP contribution in [-0.4, -0.2) is 47.5 Å². The average molecular weight is 597 g/mol. The molecule has 0 aliphatic heterocycles. The molecule has 1 fully saturated rings. The number of hydrogen-bond donors (Lipinski definition) is 0. The van der Waals surface area contributed by atoms with Gasteiger partial charge in [-0.3, -0.25) is 14.4 Å². The van der Waals surface area contributed by atoms with Gasteiger partial charge in [0.2, 0.25) is 5.78 Å². The van der Waals surface area contributed by atoms with Crippen LogP contribution in [0.25, 0.3) is 21.8 Å². The Morgan fingerprint density at radius 1 is 0.818 bits per heavy atom. The summed E-state index contributed by atoms with van der Waals surface area (Å²) in [5.41, 5.74) is 3.49. The second-order valence-electron chi connectivity index (χ2n) is 11.2. The van der Waals surface area contributed by atoms with E-state index in [1.54, 1.807) is 43.5 Å². The van der Waals surface area contributed by atoms with Crippen molar-refractivity contribution in [2.45, 2.75) is 58.9 Å². The van der Waals surface area contributed by atoms with Crippen molar-refractivity contribution in [3.8, 4) is 5.75 Å². The average Bonchev–Trinajstić information content (AvgIpc) is 3.64. The van der Waals surface area contributed by atoms with Gasteiger partial charge >= 0.3 is 11.9 Å². The zero-order valence-electron chi connectivity index (χ0n) is 25.3. The highest BCUT2D eigenvalue weighted by atomic mass is 16.7. The van der Waals surface area contributed by atoms with Gasteiger partial charge in [-0.1, -0.05) is 30.8 Å². The smallest absolute Gasteiger partial charge is 0.331 e. The number of fused-ring (bicyclic) bond motifs is 3. The van der Waals surface area contributed by atoms with E-state index in [0.29, 0.717) is 47.9 Å². The Balaban J connectivity index is 1.55. The molecule has 44 heavy (non-hydrogen) atoms. The molecule has 1 saturated carbocycles. The van der Waals surface area contributed by atoms with Crippen molar-refractivity contribution in [3.63, 3.8) is 0 Å². The van der Waals surface area contributed by atoms with Gasteiger partial charge in [0.25, 0.3) is 0 Å². The molecule has 1 aliphatic rings. The lowest BCUT2D eigenvalue weighted by Crippen LogP contribution is -2.19. The van der Waals surface area contributed by atoms with E-state index in [1.807, 2.05) is 24.3 Å². The predicted octanol–water partition coefficient (Wildman–Crippen LogP) is 6.67. The maximum atomic E-state index is 13.8. The number of hydrogen-bond acceptors (Lipinski definition) is 8. The van der Waals surface area contributed by atoms with Crippen molar-refractivity contribution in [2.75, 3.05) is 13.7 Å². The first kappa shape index (κ1) is 30.8. The summed E-state index contributed by atoms with van der Waals surface area (Å²) < 4.78 is 12.6. The first-order chi connectivity index (χ1) is 21.2. The maximum Gasteiger partial charge on any atom is 0.331 e. The SMILES string of the molecule is COCCCn1c2ccc(C(=O)/C(CC3CCCC3)=N/OC(C)=O)cc2c2cc(C(=O)c3ccc(OC(C)=O)cc3)ccc21. The Labute approximate surface area is 255 Å². The number of rotatable bonds is 12. The number of carbonyl (C=O) groups is 4. The van der Waals surface area contributed by atoms with Gasteiger partial charge < -0.3 is 18.9 Å². The van der Waals surface area contributed by atoms with Gasteiger partial charge in [-0.15, -0.1) is 0 Å². The summed E-state index contributed by atoms with van der Waals surface area (Å²) in [5.74, 6) is -0.768. The van der Waals surface area contributed by atoms with Crippen LogP contribution in [0.4, 0.5) is 0 Å². The number of oxime groups is 1. The topological polar surface area (TPSA) is 113 Å². The molecule has 0 spiro atoms. The Hall–Kier alpha value is -4.63. The van der Waals surface area contributed by atoms with E-state index in [2.05, 4.69) is 9.72 Å². The summed E-state index contributed by atoms with van der Waals surface area (Å²) in [4.78, 5) is 55.0. The Kier molecular flexibility index (Phi) is 9.65. The van der Waals surface area contributed by atoms with E-state index in [0.717, 1.165) is 53.9 Å². The van der Waals surface area contributed by atoms with E-state index >= 15 is 0 Å². The van der Waals surface area contributed by atoms with Crippen LogP contribution in [0.5, 0.6) is 5.75 Å². The minimum atomic E-state index is -0.575. The molecule has 1 aliphatic carbocycles. The van der Waals surface area contributed by atoms with Crippen LogP contribution >= 0.6 is 0 Å². The molecule has 9 heteroatoms. The fourth-order valence-corrected chi connectivity index (χ4v) is 5.95. The molecule has 228 valence electrons. The van der Waals surface area contributed by atoms with Crippen molar-refractivity contribution in [1.29, 1.82) is 0 Å². The second kappa shape index (κ2) is 13.8. The van der Waals surface area contributed by atoms with Gasteiger partial charge in [0.05, 0.1) is 0 Å². The van der Waals surface area contributed by atoms with Crippen molar-refractivity contribution in [3.05, 3.63) is 77.4 Å². The fourth-order valence-electron chi connectivity index (χ4n) is 5.95. The number of aryl methyl sites for hydroxylation is 1. The standard InChI is InChI=1S/C35H36N2O7/c1-22(38)43-28-13-9-25(10-14-28)34(40)26-11-15-32-29(20-26)30-21-27(12-16-33(30)37(32)17-6-18-42-3)35(41)31(36-44-23(2)39)19-24-7-4-5-8-24/h9-16,20-21,24H,4-8,17-19H2,1-3H3/b36-31+. The highest BCUT2D eigenvalue weighted by molar-refractivity contribution is 6.46. The van der Waals surface area contributed by atoms with Gasteiger partial charge in [-0.25, -0.2) is 4.79 Å². The monoisotopic (exact) mass is 596 g/mol. The van der Waals surface area contributed by atoms with E-state index in [9.17, 15) is 19.2 Å². The third-order valence-corrected chi connectivity index (χ3v) is 8.00. The van der Waals surface area contributed by atoms with Crippen molar-refractivity contribution in [1.82, 2.24) is 4.57 Å². The lowest BCUT2D eigenvalue weighted by atomic mass is 9.95. The first-order valence-corrected chi connectivity index (χ1v) is 14.9. The zero-order chi connectivity index (χ0) is 31.2. The van der Waals surface area contributed by atoms with Crippen LogP contribution in [0.15, 0.2) is 65.8 Å². The van der Waals surface area contributed by atoms with Gasteiger partial charge in [0, 0.05) is 72.6 Å². The lowest BCUT2D eigenvalue weighted by Gasteiger charge is -2.11. The molecule has 4 aromatic rings. The van der Waals surface area contributed by atoms with Crippen LogP contribution in [0, 0.1) is 5.92 Å². The Morgan fingerprint density at radius 2 is 1.43 bits per heavy atom. The van der Waals surface area contributed by atoms with Crippen LogP contribution < -0.4 is 4.74 Å². The van der Waals surface area contributed by atoms with Crippen molar-refractivity contribution >= 4 is 51.0 Å².